The molecule has 2 heterocycles. The molecule has 3 rings (SSSR count). The molecule has 1 fully saturated rings. The van der Waals surface area contributed by atoms with Crippen molar-refractivity contribution in [3.8, 4) is 0 Å². The molecule has 0 saturated carbocycles. The second-order valence-electron chi connectivity index (χ2n) is 6.99. The number of nitrogens with one attached hydrogen (secondary N) is 1. The highest BCUT2D eigenvalue weighted by Crippen LogP contribution is 2.33. The van der Waals surface area contributed by atoms with Gasteiger partial charge < -0.3 is 15.0 Å². The molecule has 25 heavy (non-hydrogen) atoms. The van der Waals surface area contributed by atoms with E-state index < -0.39 is 0 Å². The number of hydrogen-bond acceptors (Lipinski definition) is 4. The van der Waals surface area contributed by atoms with Crippen LogP contribution < -0.4 is 5.32 Å². The largest absolute Gasteiger partial charge is 0.383 e. The first-order valence-electron chi connectivity index (χ1n) is 9.36. The Morgan fingerprint density at radius 2 is 2.04 bits per heavy atom. The van der Waals surface area contributed by atoms with Gasteiger partial charge in [0.2, 0.25) is 5.91 Å². The number of nitrogens with zero attached hydrogens (tertiary/aromatic N) is 1. The standard InChI is InChI=1S/C19H28N2O3S/c1-24-11-8-20-18(22)14-6-7-16-15(12-14)13-17(25-16)19(23)21-9-4-2-3-5-10-21/h13-14H,2-12H2,1H3,(H,20,22)/t14-/m0/s1. The molecule has 1 atom stereocenters. The summed E-state index contributed by atoms with van der Waals surface area (Å²) in [6.07, 6.45) is 7.19. The fourth-order valence-electron chi connectivity index (χ4n) is 3.70. The van der Waals surface area contributed by atoms with Crippen molar-refractivity contribution in [1.82, 2.24) is 10.2 Å². The quantitative estimate of drug-likeness (QED) is 0.817. The van der Waals surface area contributed by atoms with E-state index in [0.717, 1.165) is 50.1 Å². The van der Waals surface area contributed by atoms with Crippen LogP contribution in [0, 0.1) is 5.92 Å². The number of likely N-dealkylation sites (tertiary alicyclic amines) is 1. The van der Waals surface area contributed by atoms with Gasteiger partial charge in [0, 0.05) is 37.5 Å². The van der Waals surface area contributed by atoms with Crippen molar-refractivity contribution in [2.75, 3.05) is 33.4 Å². The summed E-state index contributed by atoms with van der Waals surface area (Å²) in [5.74, 6) is 0.303. The van der Waals surface area contributed by atoms with Gasteiger partial charge in [-0.15, -0.1) is 11.3 Å². The van der Waals surface area contributed by atoms with E-state index in [1.54, 1.807) is 18.4 Å². The van der Waals surface area contributed by atoms with Crippen molar-refractivity contribution >= 4 is 23.2 Å². The number of amides is 2. The Hall–Kier alpha value is -1.40. The van der Waals surface area contributed by atoms with Crippen LogP contribution in [0.15, 0.2) is 6.07 Å². The highest BCUT2D eigenvalue weighted by Gasteiger charge is 2.28. The number of hydrogen-bond donors (Lipinski definition) is 1. The van der Waals surface area contributed by atoms with Gasteiger partial charge in [0.05, 0.1) is 11.5 Å². The second kappa shape index (κ2) is 8.81. The fraction of sp³-hybridized carbons (Fsp3) is 0.684. The first-order chi connectivity index (χ1) is 12.2. The smallest absolute Gasteiger partial charge is 0.263 e. The van der Waals surface area contributed by atoms with E-state index in [0.29, 0.717) is 13.2 Å². The molecule has 2 amide bonds. The molecule has 0 unspecified atom stereocenters. The van der Waals surface area contributed by atoms with Crippen LogP contribution in [0.3, 0.4) is 0 Å². The van der Waals surface area contributed by atoms with E-state index in [9.17, 15) is 9.59 Å². The van der Waals surface area contributed by atoms with E-state index in [1.165, 1.54) is 23.3 Å². The SMILES string of the molecule is COCCNC(=O)[C@H]1CCc2sc(C(=O)N3CCCCCC3)cc2C1. The van der Waals surface area contributed by atoms with Crippen LogP contribution >= 0.6 is 11.3 Å². The molecule has 1 aliphatic carbocycles. The highest BCUT2D eigenvalue weighted by molar-refractivity contribution is 7.14. The normalized spacial score (nSPS) is 20.7. The third-order valence-electron chi connectivity index (χ3n) is 5.16. The maximum Gasteiger partial charge on any atom is 0.263 e. The number of rotatable bonds is 5. The molecular weight excluding hydrogens is 336 g/mol. The molecule has 138 valence electrons. The van der Waals surface area contributed by atoms with Gasteiger partial charge in [0.1, 0.15) is 0 Å². The number of thiophene rings is 1. The van der Waals surface area contributed by atoms with E-state index in [2.05, 4.69) is 5.32 Å². The Labute approximate surface area is 153 Å². The summed E-state index contributed by atoms with van der Waals surface area (Å²) in [7, 11) is 1.63. The topological polar surface area (TPSA) is 58.6 Å². The Kier molecular flexibility index (Phi) is 6.48. The van der Waals surface area contributed by atoms with Crippen molar-refractivity contribution in [2.24, 2.45) is 5.92 Å². The Balaban J connectivity index is 1.62. The Bertz CT molecular complexity index is 606. The zero-order valence-corrected chi connectivity index (χ0v) is 15.8. The summed E-state index contributed by atoms with van der Waals surface area (Å²) in [6.45, 7) is 2.86. The van der Waals surface area contributed by atoms with Crippen LogP contribution in [0.4, 0.5) is 0 Å². The molecule has 1 N–H and O–H groups in total. The van der Waals surface area contributed by atoms with E-state index in [1.807, 2.05) is 11.0 Å². The summed E-state index contributed by atoms with van der Waals surface area (Å²) >= 11 is 1.64. The van der Waals surface area contributed by atoms with Crippen molar-refractivity contribution in [1.29, 1.82) is 0 Å². The number of ether oxygens (including phenoxy) is 1. The lowest BCUT2D eigenvalue weighted by Gasteiger charge is -2.21. The minimum Gasteiger partial charge on any atom is -0.383 e. The second-order valence-corrected chi connectivity index (χ2v) is 8.13. The van der Waals surface area contributed by atoms with Crippen molar-refractivity contribution in [3.63, 3.8) is 0 Å². The minimum absolute atomic E-state index is 0.0140. The van der Waals surface area contributed by atoms with E-state index >= 15 is 0 Å². The number of fused-ring (bicyclic) bond motifs is 1. The van der Waals surface area contributed by atoms with Gasteiger partial charge in [-0.2, -0.15) is 0 Å². The molecule has 2 aliphatic rings. The molecule has 0 spiro atoms. The molecular formula is C19H28N2O3S. The molecule has 0 radical (unpaired) electrons. The van der Waals surface area contributed by atoms with Gasteiger partial charge in [-0.3, -0.25) is 9.59 Å². The lowest BCUT2D eigenvalue weighted by atomic mass is 9.88. The zero-order valence-electron chi connectivity index (χ0n) is 15.0. The van der Waals surface area contributed by atoms with E-state index in [4.69, 9.17) is 4.74 Å². The lowest BCUT2D eigenvalue weighted by molar-refractivity contribution is -0.125. The maximum absolute atomic E-state index is 12.8. The van der Waals surface area contributed by atoms with Gasteiger partial charge in [-0.05, 0) is 43.7 Å². The zero-order chi connectivity index (χ0) is 17.6. The van der Waals surface area contributed by atoms with Crippen LogP contribution in [0.2, 0.25) is 0 Å². The number of methoxy groups -OCH3 is 1. The molecule has 1 aromatic rings. The van der Waals surface area contributed by atoms with Crippen LogP contribution in [-0.4, -0.2) is 50.1 Å². The van der Waals surface area contributed by atoms with Crippen LogP contribution in [0.1, 0.15) is 52.2 Å². The summed E-state index contributed by atoms with van der Waals surface area (Å²) in [5, 5.41) is 2.94. The Morgan fingerprint density at radius 3 is 2.76 bits per heavy atom. The Morgan fingerprint density at radius 1 is 1.28 bits per heavy atom. The number of carbonyl (C=O) groups excluding carboxylic acids is 2. The summed E-state index contributed by atoms with van der Waals surface area (Å²) in [5.41, 5.74) is 1.20. The predicted molar refractivity (Wildman–Crippen MR) is 99.1 cm³/mol. The molecule has 1 saturated heterocycles. The third-order valence-corrected chi connectivity index (χ3v) is 6.39. The lowest BCUT2D eigenvalue weighted by Crippen LogP contribution is -2.35. The monoisotopic (exact) mass is 364 g/mol. The average Bonchev–Trinajstić information content (AvgIpc) is 2.86. The van der Waals surface area contributed by atoms with Crippen molar-refractivity contribution in [2.45, 2.75) is 44.9 Å². The summed E-state index contributed by atoms with van der Waals surface area (Å²) in [6, 6.07) is 2.04. The van der Waals surface area contributed by atoms with Crippen LogP contribution in [0.5, 0.6) is 0 Å². The summed E-state index contributed by atoms with van der Waals surface area (Å²) in [4.78, 5) is 29.2. The fourth-order valence-corrected chi connectivity index (χ4v) is 4.88. The first-order valence-corrected chi connectivity index (χ1v) is 10.2. The maximum atomic E-state index is 12.8. The van der Waals surface area contributed by atoms with Gasteiger partial charge in [-0.1, -0.05) is 12.8 Å². The van der Waals surface area contributed by atoms with Crippen molar-refractivity contribution in [3.05, 3.63) is 21.4 Å². The summed E-state index contributed by atoms with van der Waals surface area (Å²) < 4.78 is 4.98. The molecule has 1 aromatic heterocycles. The third kappa shape index (κ3) is 4.61. The molecule has 6 heteroatoms. The molecule has 0 aromatic carbocycles. The highest BCUT2D eigenvalue weighted by atomic mass is 32.1. The predicted octanol–water partition coefficient (Wildman–Crippen LogP) is 2.63. The first kappa shape index (κ1) is 18.4. The van der Waals surface area contributed by atoms with E-state index in [-0.39, 0.29) is 17.7 Å². The minimum atomic E-state index is 0.0140. The molecule has 1 aliphatic heterocycles. The number of aryl methyl sites for hydroxylation is 1. The van der Waals surface area contributed by atoms with Gasteiger partial charge in [0.25, 0.3) is 5.91 Å². The van der Waals surface area contributed by atoms with Gasteiger partial charge in [0.15, 0.2) is 0 Å². The van der Waals surface area contributed by atoms with Gasteiger partial charge in [-0.25, -0.2) is 0 Å². The van der Waals surface area contributed by atoms with Crippen molar-refractivity contribution < 1.29 is 14.3 Å². The molecule has 5 nitrogen and oxygen atoms in total. The molecule has 0 bridgehead atoms. The number of carbonyl (C=O) groups is 2. The van der Waals surface area contributed by atoms with Crippen LogP contribution in [-0.2, 0) is 22.4 Å². The average molecular weight is 365 g/mol. The van der Waals surface area contributed by atoms with Crippen LogP contribution in [0.25, 0.3) is 0 Å². The van der Waals surface area contributed by atoms with Gasteiger partial charge >= 0.3 is 0 Å².